The number of amides is 1. The minimum atomic E-state index is -0.0277. The number of thioether (sulfide) groups is 1. The first kappa shape index (κ1) is 14.9. The van der Waals surface area contributed by atoms with Crippen LogP contribution in [-0.4, -0.2) is 24.0 Å². The largest absolute Gasteiger partial charge is 0.398 e. The fourth-order valence-electron chi connectivity index (χ4n) is 1.84. The Bertz CT molecular complexity index is 432. The molecule has 0 saturated heterocycles. The Balaban J connectivity index is 2.87. The van der Waals surface area contributed by atoms with E-state index in [9.17, 15) is 4.79 Å². The van der Waals surface area contributed by atoms with Gasteiger partial charge in [0.25, 0.3) is 5.91 Å². The Labute approximate surface area is 114 Å². The lowest BCUT2D eigenvalue weighted by Crippen LogP contribution is -2.36. The van der Waals surface area contributed by atoms with Crippen LogP contribution in [0.5, 0.6) is 0 Å². The van der Waals surface area contributed by atoms with Gasteiger partial charge in [0.15, 0.2) is 0 Å². The molecule has 0 saturated carbocycles. The van der Waals surface area contributed by atoms with Crippen LogP contribution in [0.1, 0.15) is 34.8 Å². The van der Waals surface area contributed by atoms with Crippen LogP contribution in [0.3, 0.4) is 0 Å². The summed E-state index contributed by atoms with van der Waals surface area (Å²) in [7, 11) is 0. The fourth-order valence-corrected chi connectivity index (χ4v) is 2.56. The first-order valence-electron chi connectivity index (χ1n) is 6.16. The Hall–Kier alpha value is -1.16. The number of anilines is 1. The van der Waals surface area contributed by atoms with Crippen molar-refractivity contribution in [2.75, 3.05) is 17.7 Å². The van der Waals surface area contributed by atoms with Crippen molar-refractivity contribution in [2.24, 2.45) is 0 Å². The number of nitrogen functional groups attached to an aromatic ring is 1. The summed E-state index contributed by atoms with van der Waals surface area (Å²) in [5, 5.41) is 3.06. The van der Waals surface area contributed by atoms with Crippen molar-refractivity contribution in [3.8, 4) is 0 Å². The highest BCUT2D eigenvalue weighted by molar-refractivity contribution is 7.98. The van der Waals surface area contributed by atoms with Crippen molar-refractivity contribution in [3.05, 3.63) is 28.8 Å². The molecule has 1 unspecified atom stereocenters. The predicted molar refractivity (Wildman–Crippen MR) is 80.3 cm³/mol. The summed E-state index contributed by atoms with van der Waals surface area (Å²) in [5.74, 6) is 0.905. The SMILES string of the molecule is CCC(CSC)NC(=O)c1cc(N)c(C)cc1C. The minimum Gasteiger partial charge on any atom is -0.398 e. The van der Waals surface area contributed by atoms with Crippen molar-refractivity contribution in [1.29, 1.82) is 0 Å². The molecular formula is C14H22N2OS. The van der Waals surface area contributed by atoms with Crippen LogP contribution in [-0.2, 0) is 0 Å². The van der Waals surface area contributed by atoms with E-state index in [0.29, 0.717) is 11.3 Å². The molecule has 0 aromatic heterocycles. The normalized spacial score (nSPS) is 12.2. The average molecular weight is 266 g/mol. The molecule has 100 valence electrons. The molecule has 0 fully saturated rings. The van der Waals surface area contributed by atoms with Gasteiger partial charge in [0.05, 0.1) is 0 Å². The Morgan fingerprint density at radius 3 is 2.61 bits per heavy atom. The van der Waals surface area contributed by atoms with Crippen molar-refractivity contribution in [3.63, 3.8) is 0 Å². The molecule has 0 radical (unpaired) electrons. The summed E-state index contributed by atoms with van der Waals surface area (Å²) in [6.45, 7) is 5.97. The zero-order chi connectivity index (χ0) is 13.7. The molecule has 0 bridgehead atoms. The smallest absolute Gasteiger partial charge is 0.251 e. The van der Waals surface area contributed by atoms with Gasteiger partial charge >= 0.3 is 0 Å². The van der Waals surface area contributed by atoms with Crippen molar-refractivity contribution in [2.45, 2.75) is 33.2 Å². The van der Waals surface area contributed by atoms with Crippen LogP contribution >= 0.6 is 11.8 Å². The van der Waals surface area contributed by atoms with Crippen LogP contribution in [0.4, 0.5) is 5.69 Å². The van der Waals surface area contributed by atoms with E-state index in [0.717, 1.165) is 23.3 Å². The van der Waals surface area contributed by atoms with Crippen molar-refractivity contribution in [1.82, 2.24) is 5.32 Å². The Morgan fingerprint density at radius 1 is 1.39 bits per heavy atom. The molecule has 1 rings (SSSR count). The fraction of sp³-hybridized carbons (Fsp3) is 0.500. The van der Waals surface area contributed by atoms with E-state index in [4.69, 9.17) is 5.73 Å². The molecule has 3 nitrogen and oxygen atoms in total. The molecule has 0 aliphatic carbocycles. The van der Waals surface area contributed by atoms with Crippen LogP contribution < -0.4 is 11.1 Å². The van der Waals surface area contributed by atoms with Crippen LogP contribution in [0, 0.1) is 13.8 Å². The molecule has 1 atom stereocenters. The lowest BCUT2D eigenvalue weighted by atomic mass is 10.0. The second kappa shape index (κ2) is 6.69. The maximum absolute atomic E-state index is 12.2. The molecule has 1 aromatic carbocycles. The molecule has 0 aliphatic rings. The monoisotopic (exact) mass is 266 g/mol. The number of nitrogens with one attached hydrogen (secondary N) is 1. The lowest BCUT2D eigenvalue weighted by molar-refractivity contribution is 0.0939. The zero-order valence-electron chi connectivity index (χ0n) is 11.5. The molecule has 18 heavy (non-hydrogen) atoms. The standard InChI is InChI=1S/C14H22N2OS/c1-5-11(8-18-4)16-14(17)12-7-13(15)10(3)6-9(12)2/h6-7,11H,5,8,15H2,1-4H3,(H,16,17). The molecule has 1 aromatic rings. The maximum atomic E-state index is 12.2. The number of aryl methyl sites for hydroxylation is 2. The highest BCUT2D eigenvalue weighted by Crippen LogP contribution is 2.18. The van der Waals surface area contributed by atoms with E-state index >= 15 is 0 Å². The van der Waals surface area contributed by atoms with Gasteiger partial charge in [-0.1, -0.05) is 13.0 Å². The number of nitrogens with two attached hydrogens (primary N) is 1. The average Bonchev–Trinajstić information content (AvgIpc) is 2.33. The quantitative estimate of drug-likeness (QED) is 0.806. The van der Waals surface area contributed by atoms with Gasteiger partial charge < -0.3 is 11.1 Å². The highest BCUT2D eigenvalue weighted by Gasteiger charge is 2.14. The zero-order valence-corrected chi connectivity index (χ0v) is 12.4. The molecule has 3 N–H and O–H groups in total. The molecule has 0 heterocycles. The van der Waals surface area contributed by atoms with E-state index in [-0.39, 0.29) is 11.9 Å². The second-order valence-electron chi connectivity index (χ2n) is 4.56. The van der Waals surface area contributed by atoms with Crippen molar-refractivity contribution < 1.29 is 4.79 Å². The minimum absolute atomic E-state index is 0.0277. The van der Waals surface area contributed by atoms with Gasteiger partial charge in [0.2, 0.25) is 0 Å². The Morgan fingerprint density at radius 2 is 2.06 bits per heavy atom. The van der Waals surface area contributed by atoms with Gasteiger partial charge in [-0.15, -0.1) is 0 Å². The topological polar surface area (TPSA) is 55.1 Å². The number of hydrogen-bond acceptors (Lipinski definition) is 3. The molecule has 0 aliphatic heterocycles. The van der Waals surface area contributed by atoms with Gasteiger partial charge in [-0.2, -0.15) is 11.8 Å². The van der Waals surface area contributed by atoms with Crippen molar-refractivity contribution >= 4 is 23.4 Å². The van der Waals surface area contributed by atoms with Crippen LogP contribution in [0.15, 0.2) is 12.1 Å². The second-order valence-corrected chi connectivity index (χ2v) is 5.47. The number of benzene rings is 1. The first-order valence-corrected chi connectivity index (χ1v) is 7.55. The van der Waals surface area contributed by atoms with Gasteiger partial charge in [0.1, 0.15) is 0 Å². The third kappa shape index (κ3) is 3.67. The Kier molecular flexibility index (Phi) is 5.54. The summed E-state index contributed by atoms with van der Waals surface area (Å²) < 4.78 is 0. The van der Waals surface area contributed by atoms with Gasteiger partial charge in [-0.25, -0.2) is 0 Å². The van der Waals surface area contributed by atoms with Gasteiger partial charge in [0, 0.05) is 23.0 Å². The predicted octanol–water partition coefficient (Wildman–Crippen LogP) is 2.76. The summed E-state index contributed by atoms with van der Waals surface area (Å²) >= 11 is 1.74. The van der Waals surface area contributed by atoms with E-state index in [1.54, 1.807) is 17.8 Å². The van der Waals surface area contributed by atoms with Gasteiger partial charge in [-0.3, -0.25) is 4.79 Å². The molecular weight excluding hydrogens is 244 g/mol. The third-order valence-electron chi connectivity index (χ3n) is 3.05. The summed E-state index contributed by atoms with van der Waals surface area (Å²) in [5.41, 5.74) is 9.20. The molecule has 4 heteroatoms. The lowest BCUT2D eigenvalue weighted by Gasteiger charge is -2.17. The first-order chi connectivity index (χ1) is 8.49. The van der Waals surface area contributed by atoms with E-state index in [1.807, 2.05) is 26.2 Å². The third-order valence-corrected chi connectivity index (χ3v) is 3.79. The number of carbonyl (C=O) groups excluding carboxylic acids is 1. The summed E-state index contributed by atoms with van der Waals surface area (Å²) in [6.07, 6.45) is 2.98. The molecule has 1 amide bonds. The highest BCUT2D eigenvalue weighted by atomic mass is 32.2. The van der Waals surface area contributed by atoms with E-state index in [1.165, 1.54) is 0 Å². The summed E-state index contributed by atoms with van der Waals surface area (Å²) in [6, 6.07) is 3.94. The van der Waals surface area contributed by atoms with Gasteiger partial charge in [-0.05, 0) is 43.7 Å². The van der Waals surface area contributed by atoms with Crippen LogP contribution in [0.25, 0.3) is 0 Å². The maximum Gasteiger partial charge on any atom is 0.251 e. The number of carbonyl (C=O) groups is 1. The number of rotatable bonds is 5. The molecule has 0 spiro atoms. The van der Waals surface area contributed by atoms with E-state index < -0.39 is 0 Å². The van der Waals surface area contributed by atoms with E-state index in [2.05, 4.69) is 12.2 Å². The summed E-state index contributed by atoms with van der Waals surface area (Å²) in [4.78, 5) is 12.2. The van der Waals surface area contributed by atoms with Crippen LogP contribution in [0.2, 0.25) is 0 Å². The number of hydrogen-bond donors (Lipinski definition) is 2.